The first kappa shape index (κ1) is 13.2. The summed E-state index contributed by atoms with van der Waals surface area (Å²) in [5, 5.41) is 2.53. The van der Waals surface area contributed by atoms with Crippen LogP contribution in [0, 0.1) is 0 Å². The van der Waals surface area contributed by atoms with Crippen molar-refractivity contribution in [1.29, 1.82) is 0 Å². The Kier molecular flexibility index (Phi) is 3.77. The molecule has 5 nitrogen and oxygen atoms in total. The minimum Gasteiger partial charge on any atom is -0.497 e. The van der Waals surface area contributed by atoms with Crippen molar-refractivity contribution in [2.45, 2.75) is 5.25 Å². The molecular formula is C12H17NO4S. The summed E-state index contributed by atoms with van der Waals surface area (Å²) >= 11 is 0. The largest absolute Gasteiger partial charge is 0.497 e. The molecule has 0 aliphatic carbocycles. The smallest absolute Gasteiger partial charge is 0.159 e. The molecule has 1 atom stereocenters. The van der Waals surface area contributed by atoms with Crippen LogP contribution in [0.5, 0.6) is 11.5 Å². The summed E-state index contributed by atoms with van der Waals surface area (Å²) in [5.41, 5.74) is 0.657. The van der Waals surface area contributed by atoms with Crippen molar-refractivity contribution >= 4 is 9.84 Å². The predicted molar refractivity (Wildman–Crippen MR) is 68.9 cm³/mol. The van der Waals surface area contributed by atoms with E-state index in [0.717, 1.165) is 0 Å². The number of benzene rings is 1. The number of methoxy groups -OCH3 is 2. The third kappa shape index (κ3) is 2.44. The third-order valence-corrected chi connectivity index (χ3v) is 5.17. The van der Waals surface area contributed by atoms with Crippen LogP contribution in [0.25, 0.3) is 0 Å². The lowest BCUT2D eigenvalue weighted by molar-refractivity contribution is 0.396. The van der Waals surface area contributed by atoms with Crippen molar-refractivity contribution in [3.05, 3.63) is 23.8 Å². The lowest BCUT2D eigenvalue weighted by atomic mass is 10.1. The first-order chi connectivity index (χ1) is 8.58. The van der Waals surface area contributed by atoms with Crippen molar-refractivity contribution in [3.8, 4) is 11.5 Å². The Hall–Kier alpha value is -1.27. The third-order valence-electron chi connectivity index (χ3n) is 3.11. The summed E-state index contributed by atoms with van der Waals surface area (Å²) in [7, 11) is -0.0416. The quantitative estimate of drug-likeness (QED) is 0.879. The van der Waals surface area contributed by atoms with Crippen molar-refractivity contribution in [1.82, 2.24) is 5.32 Å². The molecule has 18 heavy (non-hydrogen) atoms. The van der Waals surface area contributed by atoms with Crippen molar-refractivity contribution in [3.63, 3.8) is 0 Å². The highest BCUT2D eigenvalue weighted by atomic mass is 32.2. The van der Waals surface area contributed by atoms with Gasteiger partial charge in [0.25, 0.3) is 0 Å². The Morgan fingerprint density at radius 2 is 2.06 bits per heavy atom. The van der Waals surface area contributed by atoms with Crippen LogP contribution in [0.2, 0.25) is 0 Å². The van der Waals surface area contributed by atoms with Gasteiger partial charge in [-0.05, 0) is 18.2 Å². The lowest BCUT2D eigenvalue weighted by Crippen LogP contribution is -2.38. The summed E-state index contributed by atoms with van der Waals surface area (Å²) in [6.45, 7) is 0.914. The van der Waals surface area contributed by atoms with Gasteiger partial charge in [-0.3, -0.25) is 0 Å². The topological polar surface area (TPSA) is 64.6 Å². The molecule has 1 aromatic rings. The molecule has 1 heterocycles. The van der Waals surface area contributed by atoms with Gasteiger partial charge in [-0.1, -0.05) is 0 Å². The Bertz CT molecular complexity index is 527. The Labute approximate surface area is 107 Å². The summed E-state index contributed by atoms with van der Waals surface area (Å²) in [4.78, 5) is 0. The van der Waals surface area contributed by atoms with Gasteiger partial charge in [-0.2, -0.15) is 0 Å². The number of hydrogen-bond donors (Lipinski definition) is 1. The molecule has 100 valence electrons. The number of nitrogens with one attached hydrogen (secondary N) is 1. The van der Waals surface area contributed by atoms with Crippen LogP contribution in [0.15, 0.2) is 18.2 Å². The monoisotopic (exact) mass is 271 g/mol. The van der Waals surface area contributed by atoms with Crippen LogP contribution in [0.3, 0.4) is 0 Å². The molecule has 1 aliphatic rings. The standard InChI is InChI=1S/C12H17NO4S/c1-16-9-3-4-11(17-2)10(7-9)12-8-13-5-6-18(12,14)15/h3-4,7,12-13H,5-6,8H2,1-2H3. The second-order valence-corrected chi connectivity index (χ2v) is 6.47. The van der Waals surface area contributed by atoms with Crippen LogP contribution < -0.4 is 14.8 Å². The minimum atomic E-state index is -3.13. The zero-order valence-electron chi connectivity index (χ0n) is 10.5. The van der Waals surface area contributed by atoms with Crippen molar-refractivity contribution in [2.75, 3.05) is 33.1 Å². The highest BCUT2D eigenvalue weighted by Gasteiger charge is 2.32. The molecule has 0 aromatic heterocycles. The lowest BCUT2D eigenvalue weighted by Gasteiger charge is -2.25. The normalized spacial score (nSPS) is 22.4. The maximum absolute atomic E-state index is 12.1. The molecule has 2 rings (SSSR count). The van der Waals surface area contributed by atoms with E-state index >= 15 is 0 Å². The van der Waals surface area contributed by atoms with Gasteiger partial charge in [0.1, 0.15) is 16.7 Å². The maximum atomic E-state index is 12.1. The first-order valence-corrected chi connectivity index (χ1v) is 7.44. The molecule has 1 saturated heterocycles. The molecule has 1 unspecified atom stereocenters. The van der Waals surface area contributed by atoms with E-state index in [1.807, 2.05) is 0 Å². The fraction of sp³-hybridized carbons (Fsp3) is 0.500. The van der Waals surface area contributed by atoms with Crippen LogP contribution in [-0.4, -0.2) is 41.5 Å². The zero-order chi connectivity index (χ0) is 13.2. The maximum Gasteiger partial charge on any atom is 0.159 e. The second kappa shape index (κ2) is 5.16. The molecule has 1 N–H and O–H groups in total. The summed E-state index contributed by atoms with van der Waals surface area (Å²) in [6, 6.07) is 5.22. The molecule has 0 bridgehead atoms. The van der Waals surface area contributed by atoms with Crippen molar-refractivity contribution < 1.29 is 17.9 Å². The molecule has 0 spiro atoms. The minimum absolute atomic E-state index is 0.151. The molecule has 0 radical (unpaired) electrons. The highest BCUT2D eigenvalue weighted by molar-refractivity contribution is 7.91. The van der Waals surface area contributed by atoms with Gasteiger partial charge < -0.3 is 14.8 Å². The van der Waals surface area contributed by atoms with E-state index < -0.39 is 15.1 Å². The molecule has 6 heteroatoms. The Balaban J connectivity index is 2.47. The summed E-state index contributed by atoms with van der Waals surface area (Å²) < 4.78 is 34.6. The van der Waals surface area contributed by atoms with Gasteiger partial charge in [0.05, 0.1) is 20.0 Å². The number of ether oxygens (including phenoxy) is 2. The predicted octanol–water partition coefficient (Wildman–Crippen LogP) is 0.763. The van der Waals surface area contributed by atoms with Crippen LogP contribution in [0.4, 0.5) is 0 Å². The summed E-state index contributed by atoms with van der Waals surface area (Å²) in [5.74, 6) is 1.36. The average molecular weight is 271 g/mol. The molecule has 1 aliphatic heterocycles. The number of hydrogen-bond acceptors (Lipinski definition) is 5. The number of sulfone groups is 1. The fourth-order valence-corrected chi connectivity index (χ4v) is 3.77. The summed E-state index contributed by atoms with van der Waals surface area (Å²) in [6.07, 6.45) is 0. The first-order valence-electron chi connectivity index (χ1n) is 5.72. The van der Waals surface area contributed by atoms with E-state index in [1.165, 1.54) is 7.11 Å². The van der Waals surface area contributed by atoms with Crippen LogP contribution in [-0.2, 0) is 9.84 Å². The van der Waals surface area contributed by atoms with E-state index in [4.69, 9.17) is 9.47 Å². The zero-order valence-corrected chi connectivity index (χ0v) is 11.3. The van der Waals surface area contributed by atoms with Crippen LogP contribution >= 0.6 is 0 Å². The van der Waals surface area contributed by atoms with E-state index in [2.05, 4.69) is 5.32 Å². The van der Waals surface area contributed by atoms with Crippen LogP contribution in [0.1, 0.15) is 10.8 Å². The average Bonchev–Trinajstić information content (AvgIpc) is 2.37. The van der Waals surface area contributed by atoms with E-state index in [1.54, 1.807) is 25.3 Å². The highest BCUT2D eigenvalue weighted by Crippen LogP contribution is 2.34. The van der Waals surface area contributed by atoms with Gasteiger partial charge in [-0.15, -0.1) is 0 Å². The fourth-order valence-electron chi connectivity index (χ4n) is 2.11. The van der Waals surface area contributed by atoms with Gasteiger partial charge in [0, 0.05) is 18.7 Å². The molecule has 1 fully saturated rings. The van der Waals surface area contributed by atoms with Gasteiger partial charge in [0.2, 0.25) is 0 Å². The van der Waals surface area contributed by atoms with Gasteiger partial charge in [-0.25, -0.2) is 8.42 Å². The molecular weight excluding hydrogens is 254 g/mol. The SMILES string of the molecule is COc1ccc(OC)c(C2CNCCS2(=O)=O)c1. The Morgan fingerprint density at radius 3 is 2.67 bits per heavy atom. The Morgan fingerprint density at radius 1 is 1.28 bits per heavy atom. The van der Waals surface area contributed by atoms with E-state index in [9.17, 15) is 8.42 Å². The molecule has 0 saturated carbocycles. The van der Waals surface area contributed by atoms with E-state index in [-0.39, 0.29) is 5.75 Å². The van der Waals surface area contributed by atoms with Gasteiger partial charge in [0.15, 0.2) is 9.84 Å². The van der Waals surface area contributed by atoms with Gasteiger partial charge >= 0.3 is 0 Å². The molecule has 0 amide bonds. The molecule has 1 aromatic carbocycles. The second-order valence-electron chi connectivity index (χ2n) is 4.17. The van der Waals surface area contributed by atoms with Crippen molar-refractivity contribution in [2.24, 2.45) is 0 Å². The van der Waals surface area contributed by atoms with E-state index in [0.29, 0.717) is 30.2 Å². The number of rotatable bonds is 3.